The molecule has 0 aromatic carbocycles. The third kappa shape index (κ3) is 1.58. The molecule has 66 valence electrons. The number of carbonyl (C=O) groups is 2. The molecule has 1 aliphatic rings. The molecular formula is C8H7N3O2. The summed E-state index contributed by atoms with van der Waals surface area (Å²) >= 11 is 0. The van der Waals surface area contributed by atoms with E-state index in [0.717, 1.165) is 12.8 Å². The summed E-state index contributed by atoms with van der Waals surface area (Å²) in [6, 6.07) is 0. The average Bonchev–Trinajstić information content (AvgIpc) is 3.00. The van der Waals surface area contributed by atoms with Gasteiger partial charge < -0.3 is 0 Å². The zero-order chi connectivity index (χ0) is 9.26. The fourth-order valence-corrected chi connectivity index (χ4v) is 1.06. The number of hydrogen-bond acceptors (Lipinski definition) is 5. The zero-order valence-electron chi connectivity index (χ0n) is 6.80. The average molecular weight is 177 g/mol. The molecule has 0 saturated heterocycles. The molecule has 0 amide bonds. The Morgan fingerprint density at radius 1 is 1.00 bits per heavy atom. The molecule has 0 bridgehead atoms. The Morgan fingerprint density at radius 3 is 1.92 bits per heavy atom. The van der Waals surface area contributed by atoms with E-state index in [4.69, 9.17) is 0 Å². The molecule has 1 fully saturated rings. The molecule has 13 heavy (non-hydrogen) atoms. The molecular weight excluding hydrogens is 170 g/mol. The lowest BCUT2D eigenvalue weighted by molar-refractivity contribution is 0.110. The molecule has 1 heterocycles. The smallest absolute Gasteiger partial charge is 0.196 e. The van der Waals surface area contributed by atoms with Crippen LogP contribution in [0.1, 0.15) is 45.8 Å². The van der Waals surface area contributed by atoms with Crippen LogP contribution in [-0.4, -0.2) is 27.5 Å². The molecule has 5 nitrogen and oxygen atoms in total. The van der Waals surface area contributed by atoms with Crippen molar-refractivity contribution in [2.75, 3.05) is 0 Å². The summed E-state index contributed by atoms with van der Waals surface area (Å²) in [4.78, 5) is 32.2. The zero-order valence-corrected chi connectivity index (χ0v) is 6.80. The van der Waals surface area contributed by atoms with Crippen LogP contribution >= 0.6 is 0 Å². The van der Waals surface area contributed by atoms with Crippen molar-refractivity contribution >= 4 is 12.6 Å². The molecule has 0 unspecified atom stereocenters. The van der Waals surface area contributed by atoms with E-state index < -0.39 is 0 Å². The van der Waals surface area contributed by atoms with Gasteiger partial charge in [-0.3, -0.25) is 9.59 Å². The molecule has 1 saturated carbocycles. The van der Waals surface area contributed by atoms with Crippen LogP contribution < -0.4 is 0 Å². The molecule has 0 atom stereocenters. The Balaban J connectivity index is 2.43. The van der Waals surface area contributed by atoms with Gasteiger partial charge in [-0.15, -0.1) is 0 Å². The van der Waals surface area contributed by atoms with Crippen LogP contribution in [0.3, 0.4) is 0 Å². The van der Waals surface area contributed by atoms with E-state index in [1.807, 2.05) is 0 Å². The van der Waals surface area contributed by atoms with Gasteiger partial charge >= 0.3 is 0 Å². The molecule has 1 aliphatic carbocycles. The van der Waals surface area contributed by atoms with Crippen LogP contribution in [0.2, 0.25) is 0 Å². The summed E-state index contributed by atoms with van der Waals surface area (Å²) in [5.41, 5.74) is 0. The van der Waals surface area contributed by atoms with Crippen molar-refractivity contribution in [3.63, 3.8) is 0 Å². The fraction of sp³-hybridized carbons (Fsp3) is 0.375. The molecule has 2 rings (SSSR count). The van der Waals surface area contributed by atoms with Crippen molar-refractivity contribution < 1.29 is 9.59 Å². The molecule has 0 aliphatic heterocycles. The number of nitrogens with zero attached hydrogens (tertiary/aromatic N) is 3. The first kappa shape index (κ1) is 7.97. The molecule has 5 heteroatoms. The Kier molecular flexibility index (Phi) is 1.84. The summed E-state index contributed by atoms with van der Waals surface area (Å²) in [5.74, 6) is 0.970. The highest BCUT2D eigenvalue weighted by Crippen LogP contribution is 2.37. The van der Waals surface area contributed by atoms with Gasteiger partial charge in [0.2, 0.25) is 0 Å². The first-order chi connectivity index (χ1) is 6.33. The van der Waals surface area contributed by atoms with E-state index in [1.165, 1.54) is 0 Å². The minimum absolute atomic E-state index is 0.0407. The largest absolute Gasteiger partial charge is 0.294 e. The fourth-order valence-electron chi connectivity index (χ4n) is 1.06. The second kappa shape index (κ2) is 3.01. The van der Waals surface area contributed by atoms with Crippen LogP contribution in [0.15, 0.2) is 0 Å². The van der Waals surface area contributed by atoms with Crippen molar-refractivity contribution in [3.8, 4) is 0 Å². The predicted octanol–water partition coefficient (Wildman–Crippen LogP) is 0.374. The Bertz CT molecular complexity index is 334. The maximum Gasteiger partial charge on any atom is 0.196 e. The summed E-state index contributed by atoms with van der Waals surface area (Å²) in [6.45, 7) is 0. The topological polar surface area (TPSA) is 72.8 Å². The maximum atomic E-state index is 10.4. The van der Waals surface area contributed by atoms with E-state index in [1.54, 1.807) is 0 Å². The number of hydrogen-bond donors (Lipinski definition) is 0. The van der Waals surface area contributed by atoms with Crippen LogP contribution in [0.25, 0.3) is 0 Å². The van der Waals surface area contributed by atoms with E-state index in [9.17, 15) is 9.59 Å². The highest BCUT2D eigenvalue weighted by atomic mass is 16.1. The summed E-state index contributed by atoms with van der Waals surface area (Å²) < 4.78 is 0. The first-order valence-electron chi connectivity index (χ1n) is 4.00. The van der Waals surface area contributed by atoms with Crippen LogP contribution in [0, 0.1) is 0 Å². The second-order valence-corrected chi connectivity index (χ2v) is 2.92. The first-order valence-corrected chi connectivity index (χ1v) is 4.00. The van der Waals surface area contributed by atoms with Gasteiger partial charge in [-0.1, -0.05) is 0 Å². The van der Waals surface area contributed by atoms with Gasteiger partial charge in [0, 0.05) is 5.92 Å². The summed E-state index contributed by atoms with van der Waals surface area (Å²) in [6.07, 6.45) is 3.11. The third-order valence-electron chi connectivity index (χ3n) is 1.84. The van der Waals surface area contributed by atoms with E-state index in [2.05, 4.69) is 15.0 Å². The third-order valence-corrected chi connectivity index (χ3v) is 1.84. The Labute approximate surface area is 74.2 Å². The van der Waals surface area contributed by atoms with E-state index in [0.29, 0.717) is 24.3 Å². The van der Waals surface area contributed by atoms with Gasteiger partial charge in [0.25, 0.3) is 0 Å². The molecule has 1 aromatic heterocycles. The number of carbonyl (C=O) groups excluding carboxylic acids is 2. The molecule has 0 N–H and O–H groups in total. The highest BCUT2D eigenvalue weighted by Gasteiger charge is 2.27. The van der Waals surface area contributed by atoms with E-state index in [-0.39, 0.29) is 11.6 Å². The monoisotopic (exact) mass is 177 g/mol. The van der Waals surface area contributed by atoms with Crippen molar-refractivity contribution in [2.24, 2.45) is 0 Å². The van der Waals surface area contributed by atoms with Crippen molar-refractivity contribution in [1.82, 2.24) is 15.0 Å². The summed E-state index contributed by atoms with van der Waals surface area (Å²) in [5, 5.41) is 0. The van der Waals surface area contributed by atoms with Gasteiger partial charge in [-0.2, -0.15) is 0 Å². The van der Waals surface area contributed by atoms with Gasteiger partial charge in [-0.25, -0.2) is 15.0 Å². The van der Waals surface area contributed by atoms with E-state index >= 15 is 0 Å². The number of aldehydes is 2. The maximum absolute atomic E-state index is 10.4. The minimum Gasteiger partial charge on any atom is -0.294 e. The van der Waals surface area contributed by atoms with Gasteiger partial charge in [0.1, 0.15) is 5.82 Å². The standard InChI is InChI=1S/C8H7N3O2/c12-3-6-9-7(4-13)11-8(10-6)5-1-2-5/h3-5H,1-2H2. The lowest BCUT2D eigenvalue weighted by Crippen LogP contribution is -2.05. The normalized spacial score (nSPS) is 15.4. The Morgan fingerprint density at radius 2 is 1.54 bits per heavy atom. The molecule has 0 radical (unpaired) electrons. The van der Waals surface area contributed by atoms with Crippen molar-refractivity contribution in [1.29, 1.82) is 0 Å². The number of aromatic nitrogens is 3. The van der Waals surface area contributed by atoms with Gasteiger partial charge in [0.05, 0.1) is 0 Å². The van der Waals surface area contributed by atoms with Crippen LogP contribution in [0.5, 0.6) is 0 Å². The molecule has 1 aromatic rings. The minimum atomic E-state index is 0.0407. The van der Waals surface area contributed by atoms with Gasteiger partial charge in [-0.05, 0) is 12.8 Å². The Hall–Kier alpha value is -1.65. The van der Waals surface area contributed by atoms with Crippen molar-refractivity contribution in [2.45, 2.75) is 18.8 Å². The van der Waals surface area contributed by atoms with Gasteiger partial charge in [0.15, 0.2) is 24.2 Å². The lowest BCUT2D eigenvalue weighted by Gasteiger charge is -1.97. The van der Waals surface area contributed by atoms with Crippen molar-refractivity contribution in [3.05, 3.63) is 17.5 Å². The second-order valence-electron chi connectivity index (χ2n) is 2.92. The molecule has 0 spiro atoms. The number of rotatable bonds is 3. The highest BCUT2D eigenvalue weighted by molar-refractivity contribution is 5.73. The van der Waals surface area contributed by atoms with Crippen LogP contribution in [-0.2, 0) is 0 Å². The quantitative estimate of drug-likeness (QED) is 0.624. The SMILES string of the molecule is O=Cc1nc(C=O)nc(C2CC2)n1. The van der Waals surface area contributed by atoms with Crippen LogP contribution in [0.4, 0.5) is 0 Å². The predicted molar refractivity (Wildman–Crippen MR) is 42.6 cm³/mol. The lowest BCUT2D eigenvalue weighted by atomic mass is 10.4. The summed E-state index contributed by atoms with van der Waals surface area (Å²) in [7, 11) is 0.